The van der Waals surface area contributed by atoms with E-state index in [4.69, 9.17) is 5.11 Å². The third kappa shape index (κ3) is 3.16. The number of hydrogen-bond donors (Lipinski definition) is 1. The van der Waals surface area contributed by atoms with Crippen molar-refractivity contribution in [1.82, 2.24) is 24.5 Å². The van der Waals surface area contributed by atoms with Gasteiger partial charge in [-0.05, 0) is 26.0 Å². The van der Waals surface area contributed by atoms with Crippen LogP contribution in [-0.2, 0) is 17.9 Å². The molecular weight excluding hydrogens is 286 g/mol. The normalized spacial score (nSPS) is 12.1. The Morgan fingerprint density at radius 2 is 2.14 bits per heavy atom. The highest BCUT2D eigenvalue weighted by Crippen LogP contribution is 2.10. The molecule has 22 heavy (non-hydrogen) atoms. The summed E-state index contributed by atoms with van der Waals surface area (Å²) >= 11 is 0. The van der Waals surface area contributed by atoms with Crippen LogP contribution in [0.3, 0.4) is 0 Å². The van der Waals surface area contributed by atoms with Crippen molar-refractivity contribution < 1.29 is 14.7 Å². The molecule has 118 valence electrons. The first-order chi connectivity index (χ1) is 10.4. The van der Waals surface area contributed by atoms with Gasteiger partial charge in [-0.15, -0.1) is 0 Å². The molecule has 2 aromatic rings. The van der Waals surface area contributed by atoms with Crippen LogP contribution in [0.25, 0.3) is 0 Å². The first-order valence-electron chi connectivity index (χ1n) is 6.98. The molecule has 0 aliphatic rings. The number of carbonyl (C=O) groups is 2. The zero-order valence-electron chi connectivity index (χ0n) is 12.8. The standard InChI is InChI=1S/C14H19N5O3/c1-4-18-11(5-7-15-18)9-17(3)13(20)12-6-8-19(16-12)10(2)14(21)22/h5-8,10H,4,9H2,1-3H3,(H,21,22). The molecule has 0 fully saturated rings. The van der Waals surface area contributed by atoms with Crippen molar-refractivity contribution in [3.63, 3.8) is 0 Å². The lowest BCUT2D eigenvalue weighted by molar-refractivity contribution is -0.140. The third-order valence-corrected chi connectivity index (χ3v) is 3.43. The van der Waals surface area contributed by atoms with E-state index in [0.29, 0.717) is 6.54 Å². The van der Waals surface area contributed by atoms with Gasteiger partial charge >= 0.3 is 5.97 Å². The number of hydrogen-bond acceptors (Lipinski definition) is 4. The minimum absolute atomic E-state index is 0.221. The van der Waals surface area contributed by atoms with Crippen LogP contribution in [-0.4, -0.2) is 48.5 Å². The Morgan fingerprint density at radius 3 is 2.77 bits per heavy atom. The minimum atomic E-state index is -0.998. The van der Waals surface area contributed by atoms with E-state index >= 15 is 0 Å². The van der Waals surface area contributed by atoms with E-state index in [-0.39, 0.29) is 11.6 Å². The number of rotatable bonds is 6. The SMILES string of the molecule is CCn1nccc1CN(C)C(=O)c1ccn(C(C)C(=O)O)n1. The molecule has 0 saturated carbocycles. The molecular formula is C14H19N5O3. The molecule has 0 saturated heterocycles. The van der Waals surface area contributed by atoms with Gasteiger partial charge < -0.3 is 10.0 Å². The van der Waals surface area contributed by atoms with Gasteiger partial charge in [-0.1, -0.05) is 0 Å². The summed E-state index contributed by atoms with van der Waals surface area (Å²) in [6.45, 7) is 4.63. The number of nitrogens with zero attached hydrogens (tertiary/aromatic N) is 5. The van der Waals surface area contributed by atoms with Gasteiger partial charge in [0.15, 0.2) is 0 Å². The Kier molecular flexibility index (Phi) is 4.59. The molecule has 8 heteroatoms. The molecule has 1 unspecified atom stereocenters. The Labute approximate surface area is 127 Å². The molecule has 8 nitrogen and oxygen atoms in total. The van der Waals surface area contributed by atoms with E-state index in [9.17, 15) is 9.59 Å². The number of carboxylic acid groups (broad SMARTS) is 1. The fraction of sp³-hybridized carbons (Fsp3) is 0.429. The van der Waals surface area contributed by atoms with Crippen molar-refractivity contribution in [2.45, 2.75) is 33.0 Å². The van der Waals surface area contributed by atoms with E-state index in [1.807, 2.05) is 17.7 Å². The van der Waals surface area contributed by atoms with E-state index in [1.54, 1.807) is 13.2 Å². The zero-order chi connectivity index (χ0) is 16.3. The highest BCUT2D eigenvalue weighted by Gasteiger charge is 2.19. The summed E-state index contributed by atoms with van der Waals surface area (Å²) in [7, 11) is 1.68. The van der Waals surface area contributed by atoms with Crippen molar-refractivity contribution in [2.75, 3.05) is 7.05 Å². The molecule has 1 N–H and O–H groups in total. The van der Waals surface area contributed by atoms with Crippen molar-refractivity contribution >= 4 is 11.9 Å². The van der Waals surface area contributed by atoms with Crippen LogP contribution < -0.4 is 0 Å². The summed E-state index contributed by atoms with van der Waals surface area (Å²) in [6, 6.07) is 2.57. The second-order valence-corrected chi connectivity index (χ2v) is 4.99. The van der Waals surface area contributed by atoms with Gasteiger partial charge in [0, 0.05) is 26.0 Å². The average molecular weight is 305 g/mol. The monoisotopic (exact) mass is 305 g/mol. The lowest BCUT2D eigenvalue weighted by Gasteiger charge is -2.16. The summed E-state index contributed by atoms with van der Waals surface area (Å²) in [5, 5.41) is 17.2. The van der Waals surface area contributed by atoms with Crippen LogP contribution >= 0.6 is 0 Å². The lowest BCUT2D eigenvalue weighted by atomic mass is 10.3. The van der Waals surface area contributed by atoms with Gasteiger partial charge in [-0.25, -0.2) is 4.79 Å². The quantitative estimate of drug-likeness (QED) is 0.860. The average Bonchev–Trinajstić information content (AvgIpc) is 3.14. The number of aliphatic carboxylic acids is 1. The van der Waals surface area contributed by atoms with Crippen molar-refractivity contribution in [2.24, 2.45) is 0 Å². The van der Waals surface area contributed by atoms with Crippen LogP contribution in [0.4, 0.5) is 0 Å². The molecule has 0 aliphatic heterocycles. The topological polar surface area (TPSA) is 93.2 Å². The molecule has 1 amide bonds. The molecule has 0 bridgehead atoms. The fourth-order valence-corrected chi connectivity index (χ4v) is 2.07. The zero-order valence-corrected chi connectivity index (χ0v) is 12.8. The van der Waals surface area contributed by atoms with Gasteiger partial charge in [0.05, 0.1) is 12.2 Å². The highest BCUT2D eigenvalue weighted by molar-refractivity contribution is 5.92. The Hall–Kier alpha value is -2.64. The second-order valence-electron chi connectivity index (χ2n) is 4.99. The number of carbonyl (C=O) groups excluding carboxylic acids is 1. The largest absolute Gasteiger partial charge is 0.480 e. The van der Waals surface area contributed by atoms with Crippen LogP contribution in [0.1, 0.15) is 36.1 Å². The smallest absolute Gasteiger partial charge is 0.328 e. The minimum Gasteiger partial charge on any atom is -0.480 e. The van der Waals surface area contributed by atoms with Crippen LogP contribution in [0.15, 0.2) is 24.5 Å². The Bertz CT molecular complexity index is 676. The summed E-state index contributed by atoms with van der Waals surface area (Å²) < 4.78 is 3.08. The van der Waals surface area contributed by atoms with Crippen LogP contribution in [0.5, 0.6) is 0 Å². The van der Waals surface area contributed by atoms with Crippen molar-refractivity contribution in [1.29, 1.82) is 0 Å². The third-order valence-electron chi connectivity index (χ3n) is 3.43. The Balaban J connectivity index is 2.09. The van der Waals surface area contributed by atoms with E-state index in [1.165, 1.54) is 28.8 Å². The number of amides is 1. The summed E-state index contributed by atoms with van der Waals surface area (Å²) in [6.07, 6.45) is 3.19. The fourth-order valence-electron chi connectivity index (χ4n) is 2.07. The molecule has 0 radical (unpaired) electrons. The van der Waals surface area contributed by atoms with Crippen molar-refractivity contribution in [3.05, 3.63) is 35.9 Å². The maximum Gasteiger partial charge on any atom is 0.328 e. The summed E-state index contributed by atoms with van der Waals surface area (Å²) in [5.41, 5.74) is 1.15. The van der Waals surface area contributed by atoms with Crippen LogP contribution in [0, 0.1) is 0 Å². The van der Waals surface area contributed by atoms with E-state index < -0.39 is 12.0 Å². The van der Waals surface area contributed by atoms with Gasteiger partial charge in [0.2, 0.25) is 0 Å². The van der Waals surface area contributed by atoms with Gasteiger partial charge in [0.25, 0.3) is 5.91 Å². The van der Waals surface area contributed by atoms with Crippen molar-refractivity contribution in [3.8, 4) is 0 Å². The first kappa shape index (κ1) is 15.7. The molecule has 1 atom stereocenters. The number of aryl methyl sites for hydroxylation is 1. The van der Waals surface area contributed by atoms with E-state index in [2.05, 4.69) is 10.2 Å². The Morgan fingerprint density at radius 1 is 1.41 bits per heavy atom. The van der Waals surface area contributed by atoms with Gasteiger partial charge in [-0.3, -0.25) is 14.2 Å². The maximum atomic E-state index is 12.3. The molecule has 0 aromatic carbocycles. The van der Waals surface area contributed by atoms with Crippen LogP contribution in [0.2, 0.25) is 0 Å². The highest BCUT2D eigenvalue weighted by atomic mass is 16.4. The predicted molar refractivity (Wildman–Crippen MR) is 78.3 cm³/mol. The second kappa shape index (κ2) is 6.42. The number of carboxylic acids is 1. The van der Waals surface area contributed by atoms with E-state index in [0.717, 1.165) is 12.2 Å². The molecule has 2 rings (SSSR count). The maximum absolute atomic E-state index is 12.3. The molecule has 0 aliphatic carbocycles. The first-order valence-corrected chi connectivity index (χ1v) is 6.98. The molecule has 2 aromatic heterocycles. The van der Waals surface area contributed by atoms with Gasteiger partial charge in [0.1, 0.15) is 11.7 Å². The molecule has 0 spiro atoms. The molecule has 2 heterocycles. The summed E-state index contributed by atoms with van der Waals surface area (Å²) in [4.78, 5) is 24.8. The number of aromatic nitrogens is 4. The predicted octanol–water partition coefficient (Wildman–Crippen LogP) is 1.02. The lowest BCUT2D eigenvalue weighted by Crippen LogP contribution is -2.28. The summed E-state index contributed by atoms with van der Waals surface area (Å²) in [5.74, 6) is -1.26. The van der Waals surface area contributed by atoms with Gasteiger partial charge in [-0.2, -0.15) is 10.2 Å².